The van der Waals surface area contributed by atoms with Gasteiger partial charge in [-0.1, -0.05) is 6.92 Å². The predicted molar refractivity (Wildman–Crippen MR) is 26.1 cm³/mol. The average molecular weight is 100 g/mol. The SMILES string of the molecule is CCC(=O)N=NC. The van der Waals surface area contributed by atoms with Crippen LogP contribution in [-0.2, 0) is 4.79 Å². The number of azo groups is 1. The molecule has 0 aliphatic carbocycles. The molecule has 1 amide bonds. The molecule has 0 bridgehead atoms. The lowest BCUT2D eigenvalue weighted by Gasteiger charge is -1.76. The van der Waals surface area contributed by atoms with E-state index in [0.717, 1.165) is 0 Å². The fourth-order valence-electron chi connectivity index (χ4n) is 0.182. The second-order valence-electron chi connectivity index (χ2n) is 1.05. The number of hydrogen-bond donors (Lipinski definition) is 0. The van der Waals surface area contributed by atoms with Crippen LogP contribution in [0.3, 0.4) is 0 Å². The van der Waals surface area contributed by atoms with E-state index >= 15 is 0 Å². The zero-order valence-corrected chi connectivity index (χ0v) is 4.51. The molecule has 0 heterocycles. The van der Waals surface area contributed by atoms with Gasteiger partial charge in [-0.25, -0.2) is 0 Å². The van der Waals surface area contributed by atoms with Crippen molar-refractivity contribution in [2.24, 2.45) is 10.2 Å². The summed E-state index contributed by atoms with van der Waals surface area (Å²) >= 11 is 0. The summed E-state index contributed by atoms with van der Waals surface area (Å²) in [6.07, 6.45) is 0.442. The molecule has 0 spiro atoms. The van der Waals surface area contributed by atoms with Crippen LogP contribution in [0.25, 0.3) is 0 Å². The van der Waals surface area contributed by atoms with Crippen LogP contribution in [0.5, 0.6) is 0 Å². The molecular weight excluding hydrogens is 92.1 g/mol. The molecule has 3 heteroatoms. The Morgan fingerprint density at radius 2 is 2.29 bits per heavy atom. The van der Waals surface area contributed by atoms with Crippen molar-refractivity contribution in [1.82, 2.24) is 0 Å². The van der Waals surface area contributed by atoms with Crippen molar-refractivity contribution >= 4 is 5.91 Å². The smallest absolute Gasteiger partial charge is 0.264 e. The minimum atomic E-state index is -0.164. The van der Waals surface area contributed by atoms with Gasteiger partial charge in [-0.2, -0.15) is 5.11 Å². The number of amides is 1. The first-order valence-electron chi connectivity index (χ1n) is 2.14. The van der Waals surface area contributed by atoms with Crippen LogP contribution in [0.2, 0.25) is 0 Å². The molecule has 0 aliphatic rings. The van der Waals surface area contributed by atoms with Crippen LogP contribution >= 0.6 is 0 Å². The molecule has 0 rings (SSSR count). The second-order valence-corrected chi connectivity index (χ2v) is 1.05. The van der Waals surface area contributed by atoms with Gasteiger partial charge in [-0.15, -0.1) is 5.11 Å². The van der Waals surface area contributed by atoms with E-state index in [1.807, 2.05) is 0 Å². The normalized spacial score (nSPS) is 10.0. The topological polar surface area (TPSA) is 41.8 Å². The van der Waals surface area contributed by atoms with Crippen molar-refractivity contribution in [2.45, 2.75) is 13.3 Å². The first kappa shape index (κ1) is 6.27. The van der Waals surface area contributed by atoms with Crippen LogP contribution < -0.4 is 0 Å². The van der Waals surface area contributed by atoms with Crippen molar-refractivity contribution in [3.63, 3.8) is 0 Å². The van der Waals surface area contributed by atoms with Gasteiger partial charge < -0.3 is 0 Å². The van der Waals surface area contributed by atoms with Gasteiger partial charge in [0.05, 0.1) is 0 Å². The highest BCUT2D eigenvalue weighted by Gasteiger charge is 1.87. The molecule has 0 aliphatic heterocycles. The molecule has 0 saturated carbocycles. The second kappa shape index (κ2) is 3.46. The van der Waals surface area contributed by atoms with Crippen LogP contribution in [0.1, 0.15) is 13.3 Å². The number of nitrogens with zero attached hydrogens (tertiary/aromatic N) is 2. The quantitative estimate of drug-likeness (QED) is 0.453. The first-order chi connectivity index (χ1) is 3.31. The number of carbonyl (C=O) groups is 1. The summed E-state index contributed by atoms with van der Waals surface area (Å²) in [5, 5.41) is 6.51. The minimum absolute atomic E-state index is 0.164. The van der Waals surface area contributed by atoms with E-state index < -0.39 is 0 Å². The molecule has 0 aromatic rings. The van der Waals surface area contributed by atoms with E-state index in [0.29, 0.717) is 6.42 Å². The molecule has 0 radical (unpaired) electrons. The van der Waals surface area contributed by atoms with Crippen molar-refractivity contribution in [1.29, 1.82) is 0 Å². The third-order valence-electron chi connectivity index (χ3n) is 0.514. The molecule has 0 atom stereocenters. The Labute approximate surface area is 42.4 Å². The number of hydrogen-bond acceptors (Lipinski definition) is 2. The fourth-order valence-corrected chi connectivity index (χ4v) is 0.182. The summed E-state index contributed by atoms with van der Waals surface area (Å²) in [7, 11) is 1.48. The Kier molecular flexibility index (Phi) is 3.10. The standard InChI is InChI=1S/C4H8N2O/c1-3-4(7)6-5-2/h3H2,1-2H3. The lowest BCUT2D eigenvalue weighted by molar-refractivity contribution is -0.118. The highest BCUT2D eigenvalue weighted by Crippen LogP contribution is 1.80. The lowest BCUT2D eigenvalue weighted by atomic mass is 10.5. The fraction of sp³-hybridized carbons (Fsp3) is 0.750. The minimum Gasteiger partial charge on any atom is -0.271 e. The zero-order chi connectivity index (χ0) is 5.70. The summed E-state index contributed by atoms with van der Waals surface area (Å²) < 4.78 is 0. The Bertz CT molecular complexity index is 87.7. The maximum atomic E-state index is 10.2. The Balaban J connectivity index is 3.37. The summed E-state index contributed by atoms with van der Waals surface area (Å²) in [5.74, 6) is -0.164. The molecule has 0 unspecified atom stereocenters. The third-order valence-corrected chi connectivity index (χ3v) is 0.514. The average Bonchev–Trinajstić information content (AvgIpc) is 1.68. The molecule has 3 nitrogen and oxygen atoms in total. The first-order valence-corrected chi connectivity index (χ1v) is 2.14. The van der Waals surface area contributed by atoms with Crippen LogP contribution in [0, 0.1) is 0 Å². The highest BCUT2D eigenvalue weighted by molar-refractivity contribution is 5.75. The summed E-state index contributed by atoms with van der Waals surface area (Å²) in [4.78, 5) is 10.2. The third kappa shape index (κ3) is 3.09. The van der Waals surface area contributed by atoms with Crippen molar-refractivity contribution < 1.29 is 4.79 Å². The number of rotatable bonds is 1. The molecule has 0 aromatic heterocycles. The Morgan fingerprint density at radius 1 is 1.71 bits per heavy atom. The van der Waals surface area contributed by atoms with E-state index in [4.69, 9.17) is 0 Å². The zero-order valence-electron chi connectivity index (χ0n) is 4.51. The van der Waals surface area contributed by atoms with Crippen LogP contribution in [0.4, 0.5) is 0 Å². The molecular formula is C4H8N2O. The van der Waals surface area contributed by atoms with Gasteiger partial charge in [0, 0.05) is 13.5 Å². The highest BCUT2D eigenvalue weighted by atomic mass is 16.1. The molecule has 0 aromatic carbocycles. The van der Waals surface area contributed by atoms with E-state index in [1.54, 1.807) is 6.92 Å². The van der Waals surface area contributed by atoms with Crippen molar-refractivity contribution in [3.05, 3.63) is 0 Å². The van der Waals surface area contributed by atoms with Crippen LogP contribution in [0.15, 0.2) is 10.2 Å². The Morgan fingerprint density at radius 3 is 2.43 bits per heavy atom. The van der Waals surface area contributed by atoms with E-state index in [1.165, 1.54) is 7.05 Å². The van der Waals surface area contributed by atoms with Gasteiger partial charge >= 0.3 is 0 Å². The van der Waals surface area contributed by atoms with Gasteiger partial charge in [0.1, 0.15) is 0 Å². The molecule has 0 fully saturated rings. The summed E-state index contributed by atoms with van der Waals surface area (Å²) in [6, 6.07) is 0. The summed E-state index contributed by atoms with van der Waals surface area (Å²) in [6.45, 7) is 1.75. The molecule has 0 N–H and O–H groups in total. The number of carbonyl (C=O) groups excluding carboxylic acids is 1. The van der Waals surface area contributed by atoms with E-state index in [-0.39, 0.29) is 5.91 Å². The van der Waals surface area contributed by atoms with Gasteiger partial charge in [-0.05, 0) is 0 Å². The van der Waals surface area contributed by atoms with Crippen LogP contribution in [-0.4, -0.2) is 13.0 Å². The summed E-state index contributed by atoms with van der Waals surface area (Å²) in [5.41, 5.74) is 0. The molecule has 0 saturated heterocycles. The van der Waals surface area contributed by atoms with Gasteiger partial charge in [0.25, 0.3) is 5.91 Å². The Hall–Kier alpha value is -0.730. The van der Waals surface area contributed by atoms with Gasteiger partial charge in [0.15, 0.2) is 0 Å². The van der Waals surface area contributed by atoms with E-state index in [2.05, 4.69) is 10.2 Å². The molecule has 40 valence electrons. The van der Waals surface area contributed by atoms with Crippen molar-refractivity contribution in [3.8, 4) is 0 Å². The lowest BCUT2D eigenvalue weighted by Crippen LogP contribution is -1.84. The predicted octanol–water partition coefficient (Wildman–Crippen LogP) is 1.00. The van der Waals surface area contributed by atoms with Gasteiger partial charge in [-0.3, -0.25) is 4.79 Å². The van der Waals surface area contributed by atoms with Gasteiger partial charge in [0.2, 0.25) is 0 Å². The van der Waals surface area contributed by atoms with Crippen molar-refractivity contribution in [2.75, 3.05) is 7.05 Å². The monoisotopic (exact) mass is 100 g/mol. The maximum Gasteiger partial charge on any atom is 0.264 e. The molecule has 7 heavy (non-hydrogen) atoms. The largest absolute Gasteiger partial charge is 0.271 e. The van der Waals surface area contributed by atoms with E-state index in [9.17, 15) is 4.79 Å². The maximum absolute atomic E-state index is 10.2.